The summed E-state index contributed by atoms with van der Waals surface area (Å²) in [7, 11) is -1.76. The van der Waals surface area contributed by atoms with Crippen molar-refractivity contribution in [1.82, 2.24) is 0 Å². The third-order valence-electron chi connectivity index (χ3n) is 7.58. The van der Waals surface area contributed by atoms with Gasteiger partial charge in [0, 0.05) is 18.1 Å². The van der Waals surface area contributed by atoms with Gasteiger partial charge in [0.25, 0.3) is 0 Å². The smallest absolute Gasteiger partial charge is 0.242 e. The number of aryl methyl sites for hydroxylation is 1. The van der Waals surface area contributed by atoms with Crippen molar-refractivity contribution in [1.29, 1.82) is 0 Å². The van der Waals surface area contributed by atoms with Crippen molar-refractivity contribution in [2.75, 3.05) is 7.11 Å². The Labute approximate surface area is 202 Å². The summed E-state index contributed by atoms with van der Waals surface area (Å²) in [5.41, 5.74) is 2.98. The number of hydrogen-bond donors (Lipinski definition) is 0. The highest BCUT2D eigenvalue weighted by Gasteiger charge is 2.60. The van der Waals surface area contributed by atoms with Crippen molar-refractivity contribution in [2.24, 2.45) is 10.6 Å². The molecule has 0 heterocycles. The molecule has 0 bridgehead atoms. The predicted molar refractivity (Wildman–Crippen MR) is 144 cm³/mol. The molecule has 0 N–H and O–H groups in total. The lowest BCUT2D eigenvalue weighted by Gasteiger charge is -2.51. The summed E-state index contributed by atoms with van der Waals surface area (Å²) in [6.45, 7) is 16.1. The third kappa shape index (κ3) is 4.66. The highest BCUT2D eigenvalue weighted by molar-refractivity contribution is 6.70. The summed E-state index contributed by atoms with van der Waals surface area (Å²) in [6, 6.07) is 11.4. The molecule has 4 nitrogen and oxygen atoms in total. The van der Waals surface area contributed by atoms with Crippen molar-refractivity contribution < 1.29 is 13.7 Å². The molecule has 1 fully saturated rings. The topological polar surface area (TPSA) is 40.0 Å². The van der Waals surface area contributed by atoms with E-state index in [9.17, 15) is 0 Å². The van der Waals surface area contributed by atoms with Crippen LogP contribution in [0.25, 0.3) is 10.8 Å². The van der Waals surface area contributed by atoms with E-state index in [0.29, 0.717) is 5.92 Å². The summed E-state index contributed by atoms with van der Waals surface area (Å²) in [6.07, 6.45) is 7.22. The Hall–Kier alpha value is -1.64. The Kier molecular flexibility index (Phi) is 6.34. The summed E-state index contributed by atoms with van der Waals surface area (Å²) < 4.78 is 13.3. The van der Waals surface area contributed by atoms with Crippen molar-refractivity contribution >= 4 is 33.6 Å². The molecule has 0 amide bonds. The molecule has 6 heteroatoms. The van der Waals surface area contributed by atoms with E-state index < -0.39 is 16.6 Å². The standard InChI is InChI=1S/C27H41NO3Si2/c1-26-15-13-23-22-12-10-21(30-32(3,4)5)19-20(22)9-11-24(23)25(26)14-16-27(26,17-18-28-29-2)31-33(6,7)8/h9-12,18-19,25H,13-17H2,1-8H3/b28-18+. The zero-order chi connectivity index (χ0) is 24.1. The zero-order valence-corrected chi connectivity index (χ0v) is 23.7. The quantitative estimate of drug-likeness (QED) is 0.232. The molecule has 33 heavy (non-hydrogen) atoms. The normalized spacial score (nSPS) is 27.6. The van der Waals surface area contributed by atoms with Gasteiger partial charge in [0.1, 0.15) is 12.9 Å². The highest BCUT2D eigenvalue weighted by Crippen LogP contribution is 2.63. The first-order chi connectivity index (χ1) is 15.4. The van der Waals surface area contributed by atoms with Crippen LogP contribution in [0.4, 0.5) is 0 Å². The minimum atomic E-state index is -1.75. The molecule has 1 saturated carbocycles. The van der Waals surface area contributed by atoms with Crippen molar-refractivity contribution in [3.05, 3.63) is 41.5 Å². The fraction of sp³-hybridized carbons (Fsp3) is 0.593. The van der Waals surface area contributed by atoms with Gasteiger partial charge in [0.05, 0.1) is 5.60 Å². The van der Waals surface area contributed by atoms with Gasteiger partial charge >= 0.3 is 0 Å². The summed E-state index contributed by atoms with van der Waals surface area (Å²) in [5, 5.41) is 6.78. The Morgan fingerprint density at radius 3 is 2.45 bits per heavy atom. The second kappa shape index (κ2) is 8.54. The molecular weight excluding hydrogens is 442 g/mol. The van der Waals surface area contributed by atoms with Gasteiger partial charge in [-0.25, -0.2) is 0 Å². The van der Waals surface area contributed by atoms with Crippen LogP contribution in [0.3, 0.4) is 0 Å². The van der Waals surface area contributed by atoms with E-state index in [0.717, 1.165) is 37.9 Å². The molecule has 2 aliphatic carbocycles. The maximum absolute atomic E-state index is 7.05. The first-order valence-corrected chi connectivity index (χ1v) is 19.2. The van der Waals surface area contributed by atoms with Crippen molar-refractivity contribution in [3.63, 3.8) is 0 Å². The Bertz CT molecular complexity index is 1060. The van der Waals surface area contributed by atoms with Crippen LogP contribution in [0.5, 0.6) is 5.75 Å². The lowest BCUT2D eigenvalue weighted by molar-refractivity contribution is -0.0428. The van der Waals surface area contributed by atoms with Crippen molar-refractivity contribution in [3.8, 4) is 5.75 Å². The second-order valence-corrected chi connectivity index (χ2v) is 21.0. The monoisotopic (exact) mass is 483 g/mol. The first-order valence-electron chi connectivity index (χ1n) is 12.4. The number of benzene rings is 2. The van der Waals surface area contributed by atoms with Gasteiger partial charge in [-0.15, -0.1) is 0 Å². The van der Waals surface area contributed by atoms with Gasteiger partial charge in [0.2, 0.25) is 8.32 Å². The SMILES string of the molecule is CO/N=C/CC1(O[Si](C)(C)C)CCC2c3ccc4cc(O[Si](C)(C)C)ccc4c3CCC21C. The first kappa shape index (κ1) is 24.5. The van der Waals surface area contributed by atoms with E-state index in [4.69, 9.17) is 13.7 Å². The maximum Gasteiger partial charge on any atom is 0.242 e. The van der Waals surface area contributed by atoms with E-state index in [2.05, 4.69) is 81.7 Å². The fourth-order valence-corrected chi connectivity index (χ4v) is 8.81. The molecule has 2 aromatic rings. The van der Waals surface area contributed by atoms with Crippen LogP contribution < -0.4 is 4.43 Å². The van der Waals surface area contributed by atoms with E-state index in [1.807, 2.05) is 6.21 Å². The molecule has 0 spiro atoms. The van der Waals surface area contributed by atoms with Crippen LogP contribution in [-0.4, -0.2) is 35.6 Å². The van der Waals surface area contributed by atoms with Crippen molar-refractivity contribution in [2.45, 2.75) is 89.8 Å². The molecule has 180 valence electrons. The van der Waals surface area contributed by atoms with E-state index >= 15 is 0 Å². The molecule has 2 aromatic carbocycles. The van der Waals surface area contributed by atoms with Crippen LogP contribution in [0, 0.1) is 5.41 Å². The molecule has 0 radical (unpaired) electrons. The Morgan fingerprint density at radius 1 is 1.03 bits per heavy atom. The van der Waals surface area contributed by atoms with Gasteiger partial charge in [-0.1, -0.05) is 30.3 Å². The van der Waals surface area contributed by atoms with Crippen LogP contribution in [-0.2, 0) is 15.7 Å². The van der Waals surface area contributed by atoms with Crippen LogP contribution >= 0.6 is 0 Å². The van der Waals surface area contributed by atoms with Gasteiger partial charge in [-0.3, -0.25) is 0 Å². The van der Waals surface area contributed by atoms with E-state index in [1.54, 1.807) is 7.11 Å². The average Bonchev–Trinajstić information content (AvgIpc) is 2.97. The van der Waals surface area contributed by atoms with Crippen LogP contribution in [0.1, 0.15) is 49.7 Å². The largest absolute Gasteiger partial charge is 0.544 e. The lowest BCUT2D eigenvalue weighted by atomic mass is 9.60. The van der Waals surface area contributed by atoms with Crippen LogP contribution in [0.2, 0.25) is 39.3 Å². The summed E-state index contributed by atoms with van der Waals surface area (Å²) in [4.78, 5) is 5.01. The van der Waals surface area contributed by atoms with Gasteiger partial charge in [-0.05, 0) is 105 Å². The fourth-order valence-electron chi connectivity index (χ4n) is 6.39. The number of hydrogen-bond acceptors (Lipinski definition) is 4. The van der Waals surface area contributed by atoms with E-state index in [-0.39, 0.29) is 11.0 Å². The van der Waals surface area contributed by atoms with Gasteiger partial charge in [-0.2, -0.15) is 0 Å². The highest BCUT2D eigenvalue weighted by atomic mass is 28.4. The minimum absolute atomic E-state index is 0.0919. The number of fused-ring (bicyclic) bond motifs is 5. The second-order valence-electron chi connectivity index (χ2n) is 12.1. The summed E-state index contributed by atoms with van der Waals surface area (Å²) >= 11 is 0. The number of nitrogens with zero attached hydrogens (tertiary/aromatic N) is 1. The molecule has 3 unspecified atom stereocenters. The zero-order valence-electron chi connectivity index (χ0n) is 21.7. The maximum atomic E-state index is 7.05. The molecule has 2 aliphatic rings. The Balaban J connectivity index is 1.73. The molecule has 0 saturated heterocycles. The van der Waals surface area contributed by atoms with Gasteiger partial charge < -0.3 is 13.7 Å². The van der Waals surface area contributed by atoms with Crippen LogP contribution in [0.15, 0.2) is 35.5 Å². The van der Waals surface area contributed by atoms with Gasteiger partial charge in [0.15, 0.2) is 8.32 Å². The lowest BCUT2D eigenvalue weighted by Crippen LogP contribution is -2.53. The predicted octanol–water partition coefficient (Wildman–Crippen LogP) is 7.50. The molecule has 4 rings (SSSR count). The minimum Gasteiger partial charge on any atom is -0.544 e. The molecule has 3 atom stereocenters. The number of oxime groups is 1. The third-order valence-corrected chi connectivity index (χ3v) is 9.43. The number of rotatable bonds is 7. The van der Waals surface area contributed by atoms with E-state index in [1.165, 1.54) is 21.9 Å². The molecular formula is C27H41NO3Si2. The Morgan fingerprint density at radius 2 is 1.79 bits per heavy atom. The molecule has 0 aliphatic heterocycles. The average molecular weight is 484 g/mol. The summed E-state index contributed by atoms with van der Waals surface area (Å²) in [5.74, 6) is 1.51. The molecule has 0 aromatic heterocycles.